The Hall–Kier alpha value is -2.76. The van der Waals surface area contributed by atoms with Gasteiger partial charge >= 0.3 is 0 Å². The molecule has 1 atom stereocenters. The first-order valence-corrected chi connectivity index (χ1v) is 10.7. The van der Waals surface area contributed by atoms with E-state index in [0.29, 0.717) is 11.7 Å². The number of rotatable bonds is 4. The van der Waals surface area contributed by atoms with Crippen molar-refractivity contribution in [3.05, 3.63) is 94.0 Å². The fourth-order valence-corrected chi connectivity index (χ4v) is 4.35. The highest BCUT2D eigenvalue weighted by Gasteiger charge is 2.31. The van der Waals surface area contributed by atoms with Gasteiger partial charge < -0.3 is 20.4 Å². The molecular weight excluding hydrogens is 416 g/mol. The van der Waals surface area contributed by atoms with Crippen LogP contribution in [0, 0.1) is 0 Å². The summed E-state index contributed by atoms with van der Waals surface area (Å²) >= 11 is 11.7. The van der Waals surface area contributed by atoms with E-state index in [-0.39, 0.29) is 17.5 Å². The molecule has 0 amide bonds. The molecular formula is C24H23ClN2O2S. The second-order valence-electron chi connectivity index (χ2n) is 7.40. The van der Waals surface area contributed by atoms with Gasteiger partial charge in [0.1, 0.15) is 0 Å². The first kappa shape index (κ1) is 20.5. The molecule has 0 saturated carbocycles. The van der Waals surface area contributed by atoms with Crippen LogP contribution >= 0.6 is 23.8 Å². The molecule has 3 aromatic carbocycles. The zero-order valence-corrected chi connectivity index (χ0v) is 18.0. The average molecular weight is 439 g/mol. The SMILES string of the molecule is Oc1cc2c(cc1O)C(c1ccccc1)N(C(=S)NCCc1ccc(Cl)cc1)CC2. The Bertz CT molecular complexity index is 1040. The minimum atomic E-state index is -0.128. The molecule has 3 aromatic rings. The summed E-state index contributed by atoms with van der Waals surface area (Å²) < 4.78 is 0. The van der Waals surface area contributed by atoms with Crippen molar-refractivity contribution in [1.82, 2.24) is 10.2 Å². The number of fused-ring (bicyclic) bond motifs is 1. The molecule has 1 heterocycles. The van der Waals surface area contributed by atoms with Gasteiger partial charge in [0.2, 0.25) is 0 Å². The van der Waals surface area contributed by atoms with Crippen LogP contribution in [0.4, 0.5) is 0 Å². The van der Waals surface area contributed by atoms with Gasteiger partial charge in [0.05, 0.1) is 6.04 Å². The number of phenols is 2. The molecule has 154 valence electrons. The molecule has 30 heavy (non-hydrogen) atoms. The Kier molecular flexibility index (Phi) is 6.11. The maximum atomic E-state index is 10.1. The number of hydrogen-bond donors (Lipinski definition) is 3. The third-order valence-corrected chi connectivity index (χ3v) is 6.07. The Labute approximate surface area is 186 Å². The van der Waals surface area contributed by atoms with Crippen molar-refractivity contribution in [2.75, 3.05) is 13.1 Å². The van der Waals surface area contributed by atoms with E-state index in [0.717, 1.165) is 41.1 Å². The lowest BCUT2D eigenvalue weighted by molar-refractivity contribution is 0.329. The van der Waals surface area contributed by atoms with Gasteiger partial charge in [0.15, 0.2) is 16.6 Å². The van der Waals surface area contributed by atoms with E-state index in [1.54, 1.807) is 12.1 Å². The van der Waals surface area contributed by atoms with Gasteiger partial charge in [0.25, 0.3) is 0 Å². The summed E-state index contributed by atoms with van der Waals surface area (Å²) in [6.45, 7) is 1.44. The molecule has 0 aliphatic carbocycles. The Morgan fingerprint density at radius 2 is 1.73 bits per heavy atom. The van der Waals surface area contributed by atoms with Crippen molar-refractivity contribution in [3.63, 3.8) is 0 Å². The summed E-state index contributed by atoms with van der Waals surface area (Å²) in [6, 6.07) is 21.1. The van der Waals surface area contributed by atoms with E-state index in [1.807, 2.05) is 42.5 Å². The molecule has 3 N–H and O–H groups in total. The lowest BCUT2D eigenvalue weighted by Gasteiger charge is -2.39. The highest BCUT2D eigenvalue weighted by molar-refractivity contribution is 7.80. The maximum Gasteiger partial charge on any atom is 0.169 e. The van der Waals surface area contributed by atoms with E-state index in [4.69, 9.17) is 23.8 Å². The minimum absolute atomic E-state index is 0.0855. The molecule has 4 rings (SSSR count). The van der Waals surface area contributed by atoms with Gasteiger partial charge in [-0.25, -0.2) is 0 Å². The molecule has 6 heteroatoms. The molecule has 0 radical (unpaired) electrons. The van der Waals surface area contributed by atoms with Gasteiger partial charge in [-0.15, -0.1) is 0 Å². The lowest BCUT2D eigenvalue weighted by atomic mass is 9.88. The quantitative estimate of drug-likeness (QED) is 0.403. The molecule has 0 spiro atoms. The number of nitrogens with zero attached hydrogens (tertiary/aromatic N) is 1. The molecule has 1 unspecified atom stereocenters. The number of phenolic OH excluding ortho intramolecular Hbond substituents is 2. The first-order chi connectivity index (χ1) is 14.5. The maximum absolute atomic E-state index is 10.1. The summed E-state index contributed by atoms with van der Waals surface area (Å²) in [5.41, 5.74) is 4.27. The van der Waals surface area contributed by atoms with Gasteiger partial charge in [-0.1, -0.05) is 54.1 Å². The third-order valence-electron chi connectivity index (χ3n) is 5.44. The number of nitrogens with one attached hydrogen (secondary N) is 1. The van der Waals surface area contributed by atoms with Gasteiger partial charge in [0, 0.05) is 18.1 Å². The normalized spacial score (nSPS) is 15.5. The van der Waals surface area contributed by atoms with Crippen LogP contribution in [0.2, 0.25) is 5.02 Å². The van der Waals surface area contributed by atoms with Crippen LogP contribution < -0.4 is 5.32 Å². The van der Waals surface area contributed by atoms with Crippen molar-refractivity contribution in [2.45, 2.75) is 18.9 Å². The highest BCUT2D eigenvalue weighted by atomic mass is 35.5. The predicted molar refractivity (Wildman–Crippen MR) is 124 cm³/mol. The molecule has 1 aliphatic rings. The topological polar surface area (TPSA) is 55.7 Å². The number of hydrogen-bond acceptors (Lipinski definition) is 3. The molecule has 0 bridgehead atoms. The van der Waals surface area contributed by atoms with Crippen LogP contribution in [0.15, 0.2) is 66.7 Å². The van der Waals surface area contributed by atoms with Crippen LogP contribution in [0.25, 0.3) is 0 Å². The van der Waals surface area contributed by atoms with Crippen LogP contribution in [-0.2, 0) is 12.8 Å². The molecule has 0 saturated heterocycles. The fraction of sp³-hybridized carbons (Fsp3) is 0.208. The molecule has 0 fully saturated rings. The van der Waals surface area contributed by atoms with Crippen LogP contribution in [0.1, 0.15) is 28.3 Å². The van der Waals surface area contributed by atoms with Crippen LogP contribution in [0.5, 0.6) is 11.5 Å². The second kappa shape index (κ2) is 8.94. The summed E-state index contributed by atoms with van der Waals surface area (Å²) in [5, 5.41) is 24.9. The van der Waals surface area contributed by atoms with Crippen LogP contribution in [0.3, 0.4) is 0 Å². The summed E-state index contributed by atoms with van der Waals surface area (Å²) in [6.07, 6.45) is 1.58. The van der Waals surface area contributed by atoms with Crippen LogP contribution in [-0.4, -0.2) is 33.3 Å². The van der Waals surface area contributed by atoms with E-state index in [1.165, 1.54) is 5.56 Å². The third kappa shape index (κ3) is 4.37. The largest absolute Gasteiger partial charge is 0.504 e. The Balaban J connectivity index is 1.55. The van der Waals surface area contributed by atoms with Gasteiger partial charge in [-0.3, -0.25) is 0 Å². The number of halogens is 1. The van der Waals surface area contributed by atoms with Crippen molar-refractivity contribution in [2.24, 2.45) is 0 Å². The van der Waals surface area contributed by atoms with Crippen molar-refractivity contribution >= 4 is 28.9 Å². The van der Waals surface area contributed by atoms with E-state index < -0.39 is 0 Å². The zero-order valence-electron chi connectivity index (χ0n) is 16.4. The summed E-state index contributed by atoms with van der Waals surface area (Å²) in [7, 11) is 0. The summed E-state index contributed by atoms with van der Waals surface area (Å²) in [5.74, 6) is -0.198. The fourth-order valence-electron chi connectivity index (χ4n) is 3.93. The lowest BCUT2D eigenvalue weighted by Crippen LogP contribution is -2.46. The average Bonchev–Trinajstić information content (AvgIpc) is 2.76. The zero-order chi connectivity index (χ0) is 21.1. The van der Waals surface area contributed by atoms with Crippen molar-refractivity contribution in [3.8, 4) is 11.5 Å². The minimum Gasteiger partial charge on any atom is -0.504 e. The van der Waals surface area contributed by atoms with Crippen molar-refractivity contribution < 1.29 is 10.2 Å². The standard InChI is InChI=1S/C24H23ClN2O2S/c25-19-8-6-16(7-9-19)10-12-26-24(30)27-13-11-18-14-21(28)22(29)15-20(18)23(27)17-4-2-1-3-5-17/h1-9,14-15,23,28-29H,10-13H2,(H,26,30). The number of benzene rings is 3. The molecule has 1 aliphatic heterocycles. The predicted octanol–water partition coefficient (Wildman–Crippen LogP) is 4.82. The van der Waals surface area contributed by atoms with E-state index in [9.17, 15) is 10.2 Å². The van der Waals surface area contributed by atoms with Gasteiger partial charge in [-0.05, 0) is 71.6 Å². The monoisotopic (exact) mass is 438 g/mol. The van der Waals surface area contributed by atoms with E-state index in [2.05, 4.69) is 22.3 Å². The van der Waals surface area contributed by atoms with Gasteiger partial charge in [-0.2, -0.15) is 0 Å². The molecule has 4 nitrogen and oxygen atoms in total. The Morgan fingerprint density at radius 1 is 1.03 bits per heavy atom. The first-order valence-electron chi connectivity index (χ1n) is 9.91. The Morgan fingerprint density at radius 3 is 2.47 bits per heavy atom. The van der Waals surface area contributed by atoms with Crippen molar-refractivity contribution in [1.29, 1.82) is 0 Å². The molecule has 0 aromatic heterocycles. The highest BCUT2D eigenvalue weighted by Crippen LogP contribution is 2.40. The second-order valence-corrected chi connectivity index (χ2v) is 8.23. The summed E-state index contributed by atoms with van der Waals surface area (Å²) in [4.78, 5) is 2.16. The number of thiocarbonyl (C=S) groups is 1. The van der Waals surface area contributed by atoms with E-state index >= 15 is 0 Å². The number of aromatic hydroxyl groups is 2. The smallest absolute Gasteiger partial charge is 0.169 e.